The molecule has 0 saturated carbocycles. The molecule has 0 rings (SSSR count). The summed E-state index contributed by atoms with van der Waals surface area (Å²) in [7, 11) is 0. The topological polar surface area (TPSA) is 481 Å². The van der Waals surface area contributed by atoms with Crippen LogP contribution in [0.5, 0.6) is 0 Å². The summed E-state index contributed by atoms with van der Waals surface area (Å²) in [4.78, 5) is 167. The number of carbonyl (C=O) groups excluding carboxylic acids is 11. The van der Waals surface area contributed by atoms with Crippen molar-refractivity contribution >= 4 is 76.9 Å². The summed E-state index contributed by atoms with van der Waals surface area (Å²) >= 11 is 0. The Hall–Kier alpha value is -7.05. The molecule has 0 heterocycles. The molecule has 0 aromatic carbocycles. The minimum Gasteiger partial charge on any atom is -0.481 e. The molecule has 0 aliphatic carbocycles. The van der Waals surface area contributed by atoms with Crippen LogP contribution < -0.4 is 64.2 Å². The zero-order valence-corrected chi connectivity index (χ0v) is 44.9. The monoisotopic (exact) mass is 1090 g/mol. The van der Waals surface area contributed by atoms with E-state index in [0.717, 1.165) is 6.92 Å². The number of nitrogens with two attached hydrogens (primary N) is 1. The lowest BCUT2D eigenvalue weighted by Crippen LogP contribution is -2.62. The number of carboxylic acid groups (broad SMARTS) is 2. The Morgan fingerprint density at radius 1 is 0.395 bits per heavy atom. The highest BCUT2D eigenvalue weighted by Crippen LogP contribution is 2.12. The van der Waals surface area contributed by atoms with Crippen LogP contribution in [0.2, 0.25) is 0 Å². The molecule has 0 aromatic rings. The number of nitrogens with one attached hydrogen (secondary N) is 11. The maximum atomic E-state index is 13.7. The van der Waals surface area contributed by atoms with Gasteiger partial charge in [0, 0.05) is 6.42 Å². The first-order chi connectivity index (χ1) is 35.1. The SMILES string of the molecule is CC[C@H](C)[C@H](NC(=O)[C@@H](NC(=O)[C@@H](NC(=O)[C@H](C)NC(=O)[C@@H](NC(=O)[C@H](CO)NC(=O)[C@H](C)NC(=O)[C@H](C)NC(=O)[C@H](C)NC(=O)[C@H](CCC(=O)O)NC(=O)[C@@H](N)CO)[C@@H](C)O)C(C)C)C(C)C)C(=O)N[C@@H](C)C(=O)O. The molecule has 0 spiro atoms. The summed E-state index contributed by atoms with van der Waals surface area (Å²) in [5.41, 5.74) is 5.45. The van der Waals surface area contributed by atoms with Gasteiger partial charge in [0.1, 0.15) is 72.5 Å². The number of rotatable bonds is 33. The van der Waals surface area contributed by atoms with E-state index in [9.17, 15) is 77.6 Å². The molecule has 11 amide bonds. The lowest BCUT2D eigenvalue weighted by atomic mass is 9.95. The number of carboxylic acids is 2. The van der Waals surface area contributed by atoms with E-state index in [1.165, 1.54) is 34.6 Å². The fraction of sp³-hybridized carbons (Fsp3) is 0.717. The van der Waals surface area contributed by atoms with Gasteiger partial charge in [0.05, 0.1) is 19.3 Å². The van der Waals surface area contributed by atoms with Crippen molar-refractivity contribution in [3.63, 3.8) is 0 Å². The summed E-state index contributed by atoms with van der Waals surface area (Å²) in [6, 6.07) is -17.0. The molecule has 0 unspecified atom stereocenters. The van der Waals surface area contributed by atoms with E-state index in [2.05, 4.69) is 58.5 Å². The molecule has 0 aliphatic heterocycles. The summed E-state index contributed by atoms with van der Waals surface area (Å²) < 4.78 is 0. The van der Waals surface area contributed by atoms with Gasteiger partial charge in [-0.05, 0) is 65.7 Å². The van der Waals surface area contributed by atoms with Crippen molar-refractivity contribution in [1.29, 1.82) is 0 Å². The molecule has 30 nitrogen and oxygen atoms in total. The summed E-state index contributed by atoms with van der Waals surface area (Å²) in [5, 5.41) is 73.6. The van der Waals surface area contributed by atoms with Gasteiger partial charge in [-0.3, -0.25) is 62.3 Å². The molecule has 30 heteroatoms. The highest BCUT2D eigenvalue weighted by molar-refractivity contribution is 5.99. The fourth-order valence-corrected chi connectivity index (χ4v) is 6.51. The number of aliphatic hydroxyl groups is 3. The molecule has 432 valence electrons. The van der Waals surface area contributed by atoms with Crippen molar-refractivity contribution < 1.29 is 87.9 Å². The Balaban J connectivity index is 5.74. The van der Waals surface area contributed by atoms with Crippen molar-refractivity contribution in [2.24, 2.45) is 23.5 Å². The molecule has 18 N–H and O–H groups in total. The Bertz CT molecular complexity index is 2080. The summed E-state index contributed by atoms with van der Waals surface area (Å²) in [6.07, 6.45) is -2.19. The van der Waals surface area contributed by atoms with Gasteiger partial charge in [-0.1, -0.05) is 48.0 Å². The average Bonchev–Trinajstić information content (AvgIpc) is 3.34. The van der Waals surface area contributed by atoms with Crippen LogP contribution >= 0.6 is 0 Å². The van der Waals surface area contributed by atoms with Gasteiger partial charge in [-0.2, -0.15) is 0 Å². The van der Waals surface area contributed by atoms with Crippen molar-refractivity contribution in [1.82, 2.24) is 58.5 Å². The Morgan fingerprint density at radius 2 is 0.724 bits per heavy atom. The van der Waals surface area contributed by atoms with Gasteiger partial charge in [0.25, 0.3) is 0 Å². The lowest BCUT2D eigenvalue weighted by Gasteiger charge is -2.30. The first kappa shape index (κ1) is 69.0. The molecule has 0 aromatic heterocycles. The van der Waals surface area contributed by atoms with Crippen LogP contribution in [0, 0.1) is 17.8 Å². The minimum absolute atomic E-state index is 0.406. The van der Waals surface area contributed by atoms with Gasteiger partial charge in [-0.15, -0.1) is 0 Å². The molecule has 0 saturated heterocycles. The van der Waals surface area contributed by atoms with E-state index in [1.54, 1.807) is 41.5 Å². The highest BCUT2D eigenvalue weighted by Gasteiger charge is 2.37. The summed E-state index contributed by atoms with van der Waals surface area (Å²) in [5.74, 6) is -14.6. The quantitative estimate of drug-likeness (QED) is 0.0290. The van der Waals surface area contributed by atoms with Crippen LogP contribution in [0.4, 0.5) is 0 Å². The second kappa shape index (κ2) is 33.1. The largest absolute Gasteiger partial charge is 0.481 e. The molecular formula is C46H80N12O18. The van der Waals surface area contributed by atoms with E-state index < -0.39 is 199 Å². The Labute approximate surface area is 440 Å². The van der Waals surface area contributed by atoms with Crippen LogP contribution in [-0.2, 0) is 62.3 Å². The van der Waals surface area contributed by atoms with E-state index in [-0.39, 0.29) is 0 Å². The molecule has 0 aliphatic rings. The first-order valence-electron chi connectivity index (χ1n) is 24.6. The second-order valence-electron chi connectivity index (χ2n) is 19.1. The van der Waals surface area contributed by atoms with E-state index in [4.69, 9.17) is 15.9 Å². The van der Waals surface area contributed by atoms with Gasteiger partial charge >= 0.3 is 11.9 Å². The second-order valence-corrected chi connectivity index (χ2v) is 19.1. The fourth-order valence-electron chi connectivity index (χ4n) is 6.51. The third-order valence-electron chi connectivity index (χ3n) is 11.7. The predicted octanol–water partition coefficient (Wildman–Crippen LogP) is -6.58. The van der Waals surface area contributed by atoms with Crippen LogP contribution in [0.25, 0.3) is 0 Å². The number of hydrogen-bond acceptors (Lipinski definition) is 17. The summed E-state index contributed by atoms with van der Waals surface area (Å²) in [6.45, 7) is 15.2. The molecule has 14 atom stereocenters. The molecule has 0 radical (unpaired) electrons. The number of aliphatic carboxylic acids is 2. The predicted molar refractivity (Wildman–Crippen MR) is 267 cm³/mol. The van der Waals surface area contributed by atoms with Gasteiger partial charge in [-0.25, -0.2) is 0 Å². The average molecular weight is 1090 g/mol. The van der Waals surface area contributed by atoms with Crippen molar-refractivity contribution in [2.45, 2.75) is 181 Å². The van der Waals surface area contributed by atoms with Crippen LogP contribution in [0.1, 0.15) is 102 Å². The third kappa shape index (κ3) is 23.2. The van der Waals surface area contributed by atoms with Crippen molar-refractivity contribution in [3.8, 4) is 0 Å². The number of aliphatic hydroxyl groups excluding tert-OH is 3. The van der Waals surface area contributed by atoms with Crippen molar-refractivity contribution in [3.05, 3.63) is 0 Å². The zero-order valence-electron chi connectivity index (χ0n) is 44.9. The maximum absolute atomic E-state index is 13.7. The van der Waals surface area contributed by atoms with E-state index in [1.807, 2.05) is 0 Å². The van der Waals surface area contributed by atoms with Gasteiger partial charge in [0.15, 0.2) is 0 Å². The Morgan fingerprint density at radius 3 is 1.12 bits per heavy atom. The molecule has 0 bridgehead atoms. The van der Waals surface area contributed by atoms with Crippen LogP contribution in [-0.4, -0.2) is 194 Å². The van der Waals surface area contributed by atoms with Gasteiger partial charge in [0.2, 0.25) is 65.0 Å². The van der Waals surface area contributed by atoms with Crippen LogP contribution in [0.15, 0.2) is 0 Å². The molecule has 0 fully saturated rings. The lowest BCUT2D eigenvalue weighted by molar-refractivity contribution is -0.142. The number of hydrogen-bond donors (Lipinski definition) is 17. The zero-order chi connectivity index (χ0) is 59.1. The minimum atomic E-state index is -1.80. The Kier molecular flexibility index (Phi) is 30.0. The van der Waals surface area contributed by atoms with Crippen molar-refractivity contribution in [2.75, 3.05) is 13.2 Å². The normalized spacial score (nSPS) is 16.7. The van der Waals surface area contributed by atoms with E-state index in [0.29, 0.717) is 6.42 Å². The maximum Gasteiger partial charge on any atom is 0.325 e. The standard InChI is InChI=1S/C46H80N12O18/c1-13-20(6)33(44(73)52-25(11)46(75)76)57-43(72)32(19(4)5)56-42(71)31(18(2)3)55-38(67)24(10)51-45(74)34(26(12)61)58-41(70)29(17-60)54-37(66)23(9)49-35(64)21(7)48-36(65)22(8)50-40(69)28(14-15-30(62)63)53-39(68)27(47)16-59/h18-29,31-34,59-61H,13-17,47H2,1-12H3,(H,48,65)(H,49,64)(H,50,69)(H,51,74)(H,52,73)(H,53,68)(H,54,66)(H,55,67)(H,56,71)(H,57,72)(H,58,70)(H,62,63)(H,75,76)/t20-,21-,22-,23-,24-,25-,26+,27-,28-,29-,31-,32-,33-,34-/m0/s1. The van der Waals surface area contributed by atoms with Gasteiger partial charge < -0.3 is 89.8 Å². The third-order valence-corrected chi connectivity index (χ3v) is 11.7. The molecular weight excluding hydrogens is 1010 g/mol. The number of amides is 11. The number of carbonyl (C=O) groups is 13. The first-order valence-corrected chi connectivity index (χ1v) is 24.6. The highest BCUT2D eigenvalue weighted by atomic mass is 16.4. The van der Waals surface area contributed by atoms with E-state index >= 15 is 0 Å². The van der Waals surface area contributed by atoms with Crippen LogP contribution in [0.3, 0.4) is 0 Å². The molecule has 76 heavy (non-hydrogen) atoms. The smallest absolute Gasteiger partial charge is 0.325 e.